The number of esters is 1. The lowest BCUT2D eigenvalue weighted by molar-refractivity contribution is -0.191. The van der Waals surface area contributed by atoms with Gasteiger partial charge in [-0.25, -0.2) is 9.18 Å². The van der Waals surface area contributed by atoms with Crippen LogP contribution in [0.5, 0.6) is 0 Å². The molecule has 0 amide bonds. The number of hydrogen-bond donors (Lipinski definition) is 0. The van der Waals surface area contributed by atoms with Crippen LogP contribution >= 0.6 is 0 Å². The minimum atomic E-state index is -0.487. The van der Waals surface area contributed by atoms with Gasteiger partial charge in [-0.05, 0) is 55.8 Å². The highest BCUT2D eigenvalue weighted by atomic mass is 19.1. The summed E-state index contributed by atoms with van der Waals surface area (Å²) in [5.41, 5.74) is 4.61. The summed E-state index contributed by atoms with van der Waals surface area (Å²) in [4.78, 5) is 12.7. The first-order valence-electron chi connectivity index (χ1n) is 13.0. The SMILES string of the molecule is COC1CC(OC(=O)c2ccccc2)CC(/C=C/c2c(-c3ccc(F)cc3)c3ccccc3n2C(C)C)O1. The quantitative estimate of drug-likeness (QED) is 0.241. The second-order valence-corrected chi connectivity index (χ2v) is 9.81. The minimum absolute atomic E-state index is 0.187. The number of benzene rings is 3. The van der Waals surface area contributed by atoms with Crippen molar-refractivity contribution in [3.63, 3.8) is 0 Å². The van der Waals surface area contributed by atoms with Gasteiger partial charge in [-0.15, -0.1) is 0 Å². The zero-order chi connectivity index (χ0) is 26.6. The van der Waals surface area contributed by atoms with Gasteiger partial charge >= 0.3 is 5.97 Å². The van der Waals surface area contributed by atoms with Crippen LogP contribution < -0.4 is 0 Å². The average Bonchev–Trinajstić information content (AvgIpc) is 3.27. The Bertz CT molecular complexity index is 1430. The molecule has 1 aromatic heterocycles. The van der Waals surface area contributed by atoms with Crippen LogP contribution in [0.2, 0.25) is 0 Å². The maximum atomic E-state index is 13.8. The Morgan fingerprint density at radius 3 is 2.42 bits per heavy atom. The molecule has 1 aliphatic heterocycles. The highest BCUT2D eigenvalue weighted by Crippen LogP contribution is 2.38. The van der Waals surface area contributed by atoms with Crippen LogP contribution in [0.1, 0.15) is 48.8 Å². The predicted molar refractivity (Wildman–Crippen MR) is 147 cm³/mol. The maximum absolute atomic E-state index is 13.8. The summed E-state index contributed by atoms with van der Waals surface area (Å²) in [7, 11) is 1.59. The molecule has 1 aliphatic rings. The van der Waals surface area contributed by atoms with Crippen LogP contribution in [0.3, 0.4) is 0 Å². The Hall–Kier alpha value is -3.74. The Labute approximate surface area is 222 Å². The van der Waals surface area contributed by atoms with Gasteiger partial charge in [-0.2, -0.15) is 0 Å². The van der Waals surface area contributed by atoms with Crippen LogP contribution in [0.15, 0.2) is 84.9 Å². The lowest BCUT2D eigenvalue weighted by atomic mass is 10.00. The molecule has 0 radical (unpaired) electrons. The van der Waals surface area contributed by atoms with Gasteiger partial charge in [0.2, 0.25) is 0 Å². The first-order chi connectivity index (χ1) is 18.4. The molecule has 3 unspecified atom stereocenters. The molecule has 1 fully saturated rings. The molecule has 0 bridgehead atoms. The fraction of sp³-hybridized carbons (Fsp3) is 0.281. The van der Waals surface area contributed by atoms with Gasteiger partial charge in [0.05, 0.1) is 11.7 Å². The Morgan fingerprint density at radius 2 is 1.71 bits per heavy atom. The van der Waals surface area contributed by atoms with Crippen molar-refractivity contribution >= 4 is 22.9 Å². The lowest BCUT2D eigenvalue weighted by Gasteiger charge is -2.33. The second-order valence-electron chi connectivity index (χ2n) is 9.81. The molecular formula is C32H32FNO4. The van der Waals surface area contributed by atoms with E-state index < -0.39 is 6.29 Å². The van der Waals surface area contributed by atoms with Crippen molar-refractivity contribution in [1.82, 2.24) is 4.57 Å². The molecule has 0 N–H and O–H groups in total. The van der Waals surface area contributed by atoms with E-state index in [1.165, 1.54) is 12.1 Å². The molecule has 5 nitrogen and oxygen atoms in total. The highest BCUT2D eigenvalue weighted by molar-refractivity contribution is 6.01. The van der Waals surface area contributed by atoms with Crippen molar-refractivity contribution in [2.75, 3.05) is 7.11 Å². The van der Waals surface area contributed by atoms with Gasteiger partial charge in [0.15, 0.2) is 6.29 Å². The number of ether oxygens (including phenoxy) is 3. The predicted octanol–water partition coefficient (Wildman–Crippen LogP) is 7.42. The number of carbonyl (C=O) groups excluding carboxylic acids is 1. The molecule has 3 aromatic carbocycles. The van der Waals surface area contributed by atoms with E-state index in [0.717, 1.165) is 27.7 Å². The van der Waals surface area contributed by atoms with Crippen molar-refractivity contribution in [2.45, 2.75) is 51.2 Å². The fourth-order valence-electron chi connectivity index (χ4n) is 5.16. The van der Waals surface area contributed by atoms with Crippen molar-refractivity contribution in [1.29, 1.82) is 0 Å². The van der Waals surface area contributed by atoms with E-state index in [4.69, 9.17) is 14.2 Å². The molecule has 6 heteroatoms. The normalized spacial score (nSPS) is 19.9. The van der Waals surface area contributed by atoms with Crippen molar-refractivity contribution in [3.8, 4) is 11.1 Å². The number of methoxy groups -OCH3 is 1. The third-order valence-corrected chi connectivity index (χ3v) is 6.89. The second kappa shape index (κ2) is 11.3. The van der Waals surface area contributed by atoms with Gasteiger partial charge < -0.3 is 18.8 Å². The fourth-order valence-corrected chi connectivity index (χ4v) is 5.16. The number of hydrogen-bond acceptors (Lipinski definition) is 4. The molecule has 1 saturated heterocycles. The molecule has 5 rings (SSSR count). The molecule has 0 aliphatic carbocycles. The van der Waals surface area contributed by atoms with Crippen LogP contribution in [0.25, 0.3) is 28.1 Å². The third-order valence-electron chi connectivity index (χ3n) is 6.89. The van der Waals surface area contributed by atoms with Crippen LogP contribution in [0.4, 0.5) is 4.39 Å². The van der Waals surface area contributed by atoms with E-state index in [2.05, 4.69) is 36.6 Å². The number of nitrogens with zero attached hydrogens (tertiary/aromatic N) is 1. The number of rotatable bonds is 7. The molecule has 3 atom stereocenters. The molecule has 0 saturated carbocycles. The molecule has 0 spiro atoms. The molecular weight excluding hydrogens is 481 g/mol. The zero-order valence-corrected chi connectivity index (χ0v) is 21.8. The third kappa shape index (κ3) is 5.42. The van der Waals surface area contributed by atoms with Crippen molar-refractivity contribution in [3.05, 3.63) is 102 Å². The van der Waals surface area contributed by atoms with Gasteiger partial charge in [0.25, 0.3) is 0 Å². The summed E-state index contributed by atoms with van der Waals surface area (Å²) < 4.78 is 33.6. The number of aromatic nitrogens is 1. The van der Waals surface area contributed by atoms with E-state index in [1.54, 1.807) is 19.2 Å². The maximum Gasteiger partial charge on any atom is 0.338 e. The average molecular weight is 514 g/mol. The number of carbonyl (C=O) groups is 1. The summed E-state index contributed by atoms with van der Waals surface area (Å²) in [6, 6.07) is 24.0. The van der Waals surface area contributed by atoms with Crippen molar-refractivity contribution in [2.24, 2.45) is 0 Å². The first-order valence-corrected chi connectivity index (χ1v) is 13.0. The number of halogens is 1. The van der Waals surface area contributed by atoms with E-state index in [9.17, 15) is 9.18 Å². The van der Waals surface area contributed by atoms with Gasteiger partial charge in [-0.3, -0.25) is 0 Å². The smallest absolute Gasteiger partial charge is 0.338 e. The van der Waals surface area contributed by atoms with Crippen LogP contribution in [-0.4, -0.2) is 36.1 Å². The first kappa shape index (κ1) is 25.9. The zero-order valence-electron chi connectivity index (χ0n) is 21.8. The van der Waals surface area contributed by atoms with Crippen LogP contribution in [-0.2, 0) is 14.2 Å². The van der Waals surface area contributed by atoms with Crippen molar-refractivity contribution < 1.29 is 23.4 Å². The summed E-state index contributed by atoms with van der Waals surface area (Å²) in [6.07, 6.45) is 3.91. The molecule has 196 valence electrons. The summed E-state index contributed by atoms with van der Waals surface area (Å²) in [6.45, 7) is 4.30. The summed E-state index contributed by atoms with van der Waals surface area (Å²) in [5, 5.41) is 1.10. The molecule has 2 heterocycles. The number of para-hydroxylation sites is 1. The lowest BCUT2D eigenvalue weighted by Crippen LogP contribution is -2.38. The van der Waals surface area contributed by atoms with Gasteiger partial charge in [0.1, 0.15) is 11.9 Å². The minimum Gasteiger partial charge on any atom is -0.458 e. The number of fused-ring (bicyclic) bond motifs is 1. The monoisotopic (exact) mass is 513 g/mol. The Morgan fingerprint density at radius 1 is 1.00 bits per heavy atom. The largest absolute Gasteiger partial charge is 0.458 e. The van der Waals surface area contributed by atoms with Gasteiger partial charge in [0, 0.05) is 48.2 Å². The standard InChI is InChI=1S/C32H32FNO4/c1-21(2)34-28-12-8-7-11-27(28)31(22-13-15-24(33)16-14-22)29(34)18-17-25-19-26(20-30(36-3)37-25)38-32(35)23-9-5-4-6-10-23/h4-18,21,25-26,30H,19-20H2,1-3H3/b18-17+. The topological polar surface area (TPSA) is 49.7 Å². The van der Waals surface area contributed by atoms with E-state index in [-0.39, 0.29) is 30.0 Å². The summed E-state index contributed by atoms with van der Waals surface area (Å²) in [5.74, 6) is -0.621. The van der Waals surface area contributed by atoms with Crippen LogP contribution in [0, 0.1) is 5.82 Å². The highest BCUT2D eigenvalue weighted by Gasteiger charge is 2.31. The Kier molecular flexibility index (Phi) is 7.72. The molecule has 38 heavy (non-hydrogen) atoms. The summed E-state index contributed by atoms with van der Waals surface area (Å²) >= 11 is 0. The van der Waals surface area contributed by atoms with E-state index in [1.807, 2.05) is 48.5 Å². The van der Waals surface area contributed by atoms with Gasteiger partial charge in [-0.1, -0.05) is 54.6 Å². The Balaban J connectivity index is 1.48. The van der Waals surface area contributed by atoms with E-state index in [0.29, 0.717) is 18.4 Å². The van der Waals surface area contributed by atoms with E-state index >= 15 is 0 Å². The molecule has 4 aromatic rings.